The summed E-state index contributed by atoms with van der Waals surface area (Å²) in [6, 6.07) is 8.79. The molecule has 0 aliphatic carbocycles. The Morgan fingerprint density at radius 2 is 1.88 bits per heavy atom. The zero-order valence-electron chi connectivity index (χ0n) is 14.7. The molecular weight excluding hydrogens is 338 g/mol. The van der Waals surface area contributed by atoms with E-state index in [1.54, 1.807) is 12.1 Å². The smallest absolute Gasteiger partial charge is 0.426 e. The first kappa shape index (κ1) is 17.9. The van der Waals surface area contributed by atoms with E-state index >= 15 is 0 Å². The van der Waals surface area contributed by atoms with Crippen molar-refractivity contribution in [1.29, 1.82) is 0 Å². The second-order valence-electron chi connectivity index (χ2n) is 6.79. The lowest BCUT2D eigenvalue weighted by molar-refractivity contribution is -0.164. The molecule has 0 spiro atoms. The number of nitrogens with zero attached hydrogens (tertiary/aromatic N) is 2. The lowest BCUT2D eigenvalue weighted by atomic mass is 9.94. The molecule has 0 bridgehead atoms. The SMILES string of the molecule is CC(C)[C@H]1N(NC(=O)OCc2ccccc2)C(=O)C(=O)C[C@H]2CC(=O)N21. The van der Waals surface area contributed by atoms with Gasteiger partial charge in [0.05, 0.1) is 0 Å². The van der Waals surface area contributed by atoms with Gasteiger partial charge in [-0.1, -0.05) is 44.2 Å². The molecule has 0 saturated carbocycles. The number of rotatable bonds is 4. The Morgan fingerprint density at radius 1 is 1.19 bits per heavy atom. The number of carbonyl (C=O) groups excluding carboxylic acids is 4. The minimum atomic E-state index is -0.855. The molecule has 26 heavy (non-hydrogen) atoms. The van der Waals surface area contributed by atoms with Crippen molar-refractivity contribution in [3.8, 4) is 0 Å². The van der Waals surface area contributed by atoms with E-state index in [4.69, 9.17) is 4.74 Å². The molecule has 2 aliphatic rings. The third-order valence-electron chi connectivity index (χ3n) is 4.54. The van der Waals surface area contributed by atoms with Crippen LogP contribution in [0.1, 0.15) is 32.3 Å². The molecule has 2 aliphatic heterocycles. The van der Waals surface area contributed by atoms with Crippen LogP contribution >= 0.6 is 0 Å². The van der Waals surface area contributed by atoms with Gasteiger partial charge in [0.25, 0.3) is 0 Å². The summed E-state index contributed by atoms with van der Waals surface area (Å²) in [6.45, 7) is 3.67. The van der Waals surface area contributed by atoms with Crippen LogP contribution in [0.15, 0.2) is 30.3 Å². The highest BCUT2D eigenvalue weighted by Gasteiger charge is 2.51. The molecule has 0 unspecified atom stereocenters. The Balaban J connectivity index is 1.73. The summed E-state index contributed by atoms with van der Waals surface area (Å²) in [5, 5.41) is 0.942. The average Bonchev–Trinajstić information content (AvgIpc) is 2.69. The van der Waals surface area contributed by atoms with Crippen molar-refractivity contribution in [2.24, 2.45) is 5.92 Å². The highest BCUT2D eigenvalue weighted by Crippen LogP contribution is 2.32. The fourth-order valence-corrected chi connectivity index (χ4v) is 3.30. The Kier molecular flexibility index (Phi) is 4.92. The van der Waals surface area contributed by atoms with Gasteiger partial charge in [-0.3, -0.25) is 14.4 Å². The molecule has 138 valence electrons. The van der Waals surface area contributed by atoms with Gasteiger partial charge in [0.2, 0.25) is 11.7 Å². The molecule has 3 rings (SSSR count). The third kappa shape index (κ3) is 3.40. The van der Waals surface area contributed by atoms with Gasteiger partial charge in [0.1, 0.15) is 12.8 Å². The molecule has 8 heteroatoms. The summed E-state index contributed by atoms with van der Waals surface area (Å²) in [7, 11) is 0. The molecule has 2 fully saturated rings. The standard InChI is InChI=1S/C18H21N3O5/c1-11(2)16-20-13(9-15(20)23)8-14(22)17(24)21(16)19-18(25)26-10-12-6-4-3-5-7-12/h3-7,11,13,16H,8-10H2,1-2H3,(H,19,25)/t13-,16+/m0/s1. The minimum Gasteiger partial charge on any atom is -0.443 e. The molecule has 0 radical (unpaired) electrons. The summed E-state index contributed by atoms with van der Waals surface area (Å²) < 4.78 is 5.13. The second kappa shape index (κ2) is 7.15. The Morgan fingerprint density at radius 3 is 2.50 bits per heavy atom. The average molecular weight is 359 g/mol. The first-order valence-electron chi connectivity index (χ1n) is 8.53. The fraction of sp³-hybridized carbons (Fsp3) is 0.444. The van der Waals surface area contributed by atoms with Crippen LogP contribution in [0.3, 0.4) is 0 Å². The Labute approximate surface area is 151 Å². The minimum absolute atomic E-state index is 0.0228. The number of benzene rings is 1. The van der Waals surface area contributed by atoms with Crippen LogP contribution in [0.4, 0.5) is 4.79 Å². The lowest BCUT2D eigenvalue weighted by Gasteiger charge is -2.47. The van der Waals surface area contributed by atoms with Crippen molar-refractivity contribution < 1.29 is 23.9 Å². The van der Waals surface area contributed by atoms with E-state index in [1.807, 2.05) is 32.0 Å². The van der Waals surface area contributed by atoms with E-state index in [9.17, 15) is 19.2 Å². The number of amides is 3. The lowest BCUT2D eigenvalue weighted by Crippen LogP contribution is -2.66. The molecule has 2 saturated heterocycles. The van der Waals surface area contributed by atoms with Gasteiger partial charge in [-0.15, -0.1) is 0 Å². The molecule has 2 heterocycles. The number of β-lactam (4-membered cyclic amide) rings is 1. The van der Waals surface area contributed by atoms with Crippen molar-refractivity contribution in [3.05, 3.63) is 35.9 Å². The molecule has 1 N–H and O–H groups in total. The zero-order chi connectivity index (χ0) is 18.8. The quantitative estimate of drug-likeness (QED) is 0.644. The van der Waals surface area contributed by atoms with E-state index in [1.165, 1.54) is 4.90 Å². The third-order valence-corrected chi connectivity index (χ3v) is 4.54. The number of hydrogen-bond acceptors (Lipinski definition) is 5. The molecule has 0 aromatic heterocycles. The van der Waals surface area contributed by atoms with Gasteiger partial charge >= 0.3 is 12.0 Å². The molecule has 1 aromatic carbocycles. The Bertz CT molecular complexity index is 734. The van der Waals surface area contributed by atoms with E-state index in [-0.39, 0.29) is 37.3 Å². The van der Waals surface area contributed by atoms with Crippen LogP contribution in [0.5, 0.6) is 0 Å². The molecule has 2 atom stereocenters. The second-order valence-corrected chi connectivity index (χ2v) is 6.79. The highest BCUT2D eigenvalue weighted by molar-refractivity contribution is 6.36. The van der Waals surface area contributed by atoms with Gasteiger partial charge < -0.3 is 9.64 Å². The van der Waals surface area contributed by atoms with Gasteiger partial charge in [-0.25, -0.2) is 15.2 Å². The van der Waals surface area contributed by atoms with Crippen molar-refractivity contribution in [1.82, 2.24) is 15.3 Å². The van der Waals surface area contributed by atoms with Crippen molar-refractivity contribution in [2.45, 2.75) is 45.5 Å². The van der Waals surface area contributed by atoms with E-state index in [0.717, 1.165) is 10.6 Å². The fourth-order valence-electron chi connectivity index (χ4n) is 3.30. The molecular formula is C18H21N3O5. The number of ether oxygens (including phenoxy) is 1. The highest BCUT2D eigenvalue weighted by atomic mass is 16.6. The van der Waals surface area contributed by atoms with Gasteiger partial charge in [0.15, 0.2) is 0 Å². The van der Waals surface area contributed by atoms with Crippen LogP contribution in [-0.2, 0) is 25.7 Å². The van der Waals surface area contributed by atoms with Gasteiger partial charge in [-0.2, -0.15) is 0 Å². The van der Waals surface area contributed by atoms with E-state index < -0.39 is 23.9 Å². The summed E-state index contributed by atoms with van der Waals surface area (Å²) in [6.07, 6.45) is -1.35. The first-order chi connectivity index (χ1) is 12.4. The number of nitrogens with one attached hydrogen (secondary N) is 1. The first-order valence-corrected chi connectivity index (χ1v) is 8.53. The zero-order valence-corrected chi connectivity index (χ0v) is 14.7. The number of carbonyl (C=O) groups is 4. The molecule has 8 nitrogen and oxygen atoms in total. The Hall–Kier alpha value is -2.90. The normalized spacial score (nSPS) is 22.7. The summed E-state index contributed by atoms with van der Waals surface area (Å²) in [5.74, 6) is -1.77. The molecule has 3 amide bonds. The van der Waals surface area contributed by atoms with Crippen molar-refractivity contribution in [2.75, 3.05) is 0 Å². The largest absolute Gasteiger partial charge is 0.443 e. The number of fused-ring (bicyclic) bond motifs is 1. The number of Topliss-reactive ketones (excluding diaryl/α,β-unsaturated/α-hetero) is 1. The topological polar surface area (TPSA) is 96.0 Å². The predicted molar refractivity (Wildman–Crippen MR) is 90.1 cm³/mol. The summed E-state index contributed by atoms with van der Waals surface area (Å²) in [5.41, 5.74) is 3.15. The van der Waals surface area contributed by atoms with Gasteiger partial charge in [0, 0.05) is 18.9 Å². The van der Waals surface area contributed by atoms with Crippen LogP contribution in [0, 0.1) is 5.92 Å². The van der Waals surface area contributed by atoms with Crippen LogP contribution < -0.4 is 5.43 Å². The summed E-state index contributed by atoms with van der Waals surface area (Å²) in [4.78, 5) is 50.3. The molecule has 1 aromatic rings. The monoisotopic (exact) mass is 359 g/mol. The van der Waals surface area contributed by atoms with Crippen LogP contribution in [-0.4, -0.2) is 45.8 Å². The van der Waals surface area contributed by atoms with Crippen molar-refractivity contribution >= 4 is 23.7 Å². The maximum absolute atomic E-state index is 12.5. The van der Waals surface area contributed by atoms with Gasteiger partial charge in [-0.05, 0) is 11.5 Å². The van der Waals surface area contributed by atoms with E-state index in [2.05, 4.69) is 5.43 Å². The summed E-state index contributed by atoms with van der Waals surface area (Å²) >= 11 is 0. The maximum atomic E-state index is 12.5. The predicted octanol–water partition coefficient (Wildman–Crippen LogP) is 1.21. The van der Waals surface area contributed by atoms with Crippen molar-refractivity contribution in [3.63, 3.8) is 0 Å². The van der Waals surface area contributed by atoms with E-state index in [0.29, 0.717) is 0 Å². The number of hydrazine groups is 1. The number of ketones is 1. The maximum Gasteiger partial charge on any atom is 0.426 e. The van der Waals surface area contributed by atoms with Crippen LogP contribution in [0.2, 0.25) is 0 Å². The van der Waals surface area contributed by atoms with Crippen LogP contribution in [0.25, 0.3) is 0 Å². The number of hydrogen-bond donors (Lipinski definition) is 1.